The Balaban J connectivity index is 1.47. The lowest BCUT2D eigenvalue weighted by Gasteiger charge is -2.41. The van der Waals surface area contributed by atoms with Crippen LogP contribution < -0.4 is 5.32 Å². The van der Waals surface area contributed by atoms with Crippen LogP contribution in [0.25, 0.3) is 11.1 Å². The van der Waals surface area contributed by atoms with Crippen molar-refractivity contribution in [1.29, 1.82) is 0 Å². The molecule has 0 saturated carbocycles. The van der Waals surface area contributed by atoms with Crippen molar-refractivity contribution in [2.75, 3.05) is 19.6 Å². The molecule has 0 aliphatic carbocycles. The van der Waals surface area contributed by atoms with Crippen molar-refractivity contribution >= 4 is 5.91 Å². The number of amides is 1. The third kappa shape index (κ3) is 5.32. The highest BCUT2D eigenvalue weighted by atomic mass is 16.2. The van der Waals surface area contributed by atoms with E-state index in [0.717, 1.165) is 38.9 Å². The Bertz CT molecular complexity index is 1010. The first-order valence-corrected chi connectivity index (χ1v) is 11.3. The SMILES string of the molecule is C=CCNC(=O)C1(Cc2ccc(-c3ccccc3)cc2)CCN(Cc2ccncc2)CC1. The maximum absolute atomic E-state index is 13.3. The minimum absolute atomic E-state index is 0.146. The van der Waals surface area contributed by atoms with E-state index < -0.39 is 0 Å². The van der Waals surface area contributed by atoms with E-state index in [4.69, 9.17) is 0 Å². The Morgan fingerprint density at radius 3 is 2.25 bits per heavy atom. The largest absolute Gasteiger partial charge is 0.352 e. The van der Waals surface area contributed by atoms with Gasteiger partial charge in [0.05, 0.1) is 5.41 Å². The number of hydrogen-bond acceptors (Lipinski definition) is 3. The van der Waals surface area contributed by atoms with Gasteiger partial charge in [0.1, 0.15) is 0 Å². The number of pyridine rings is 1. The van der Waals surface area contributed by atoms with Crippen LogP contribution in [0, 0.1) is 5.41 Å². The molecule has 4 heteroatoms. The molecular weight excluding hydrogens is 394 g/mol. The number of benzene rings is 2. The highest BCUT2D eigenvalue weighted by Gasteiger charge is 2.41. The van der Waals surface area contributed by atoms with Crippen LogP contribution in [0.5, 0.6) is 0 Å². The molecule has 3 aromatic rings. The van der Waals surface area contributed by atoms with E-state index in [0.29, 0.717) is 6.54 Å². The summed E-state index contributed by atoms with van der Waals surface area (Å²) in [5.74, 6) is 0.146. The first kappa shape index (κ1) is 22.0. The van der Waals surface area contributed by atoms with Crippen LogP contribution in [-0.4, -0.2) is 35.4 Å². The molecule has 1 aliphatic heterocycles. The topological polar surface area (TPSA) is 45.2 Å². The molecule has 4 nitrogen and oxygen atoms in total. The van der Waals surface area contributed by atoms with Crippen molar-refractivity contribution in [3.63, 3.8) is 0 Å². The van der Waals surface area contributed by atoms with Crippen molar-refractivity contribution in [3.05, 3.63) is 103 Å². The Morgan fingerprint density at radius 2 is 1.59 bits per heavy atom. The van der Waals surface area contributed by atoms with E-state index in [1.54, 1.807) is 6.08 Å². The highest BCUT2D eigenvalue weighted by molar-refractivity contribution is 5.83. The van der Waals surface area contributed by atoms with Crippen molar-refractivity contribution in [1.82, 2.24) is 15.2 Å². The zero-order chi connectivity index (χ0) is 22.2. The average Bonchev–Trinajstić information content (AvgIpc) is 2.85. The molecule has 4 rings (SSSR count). The molecule has 1 aliphatic rings. The second-order valence-electron chi connectivity index (χ2n) is 8.65. The van der Waals surface area contributed by atoms with E-state index in [-0.39, 0.29) is 11.3 Å². The Morgan fingerprint density at radius 1 is 0.938 bits per heavy atom. The lowest BCUT2D eigenvalue weighted by molar-refractivity contribution is -0.133. The molecule has 0 spiro atoms. The Labute approximate surface area is 191 Å². The molecule has 1 saturated heterocycles. The van der Waals surface area contributed by atoms with E-state index in [2.05, 4.69) is 82.4 Å². The molecule has 0 unspecified atom stereocenters. The summed E-state index contributed by atoms with van der Waals surface area (Å²) >= 11 is 0. The van der Waals surface area contributed by atoms with Crippen molar-refractivity contribution in [3.8, 4) is 11.1 Å². The predicted octanol–water partition coefficient (Wildman–Crippen LogP) is 4.88. The van der Waals surface area contributed by atoms with Gasteiger partial charge in [0, 0.05) is 25.5 Å². The predicted molar refractivity (Wildman–Crippen MR) is 130 cm³/mol. The van der Waals surface area contributed by atoms with Crippen LogP contribution in [0.2, 0.25) is 0 Å². The number of hydrogen-bond donors (Lipinski definition) is 1. The van der Waals surface area contributed by atoms with Gasteiger partial charge in [-0.05, 0) is 66.7 Å². The van der Waals surface area contributed by atoms with Crippen LogP contribution in [-0.2, 0) is 17.8 Å². The van der Waals surface area contributed by atoms with Crippen molar-refractivity contribution in [2.24, 2.45) is 5.41 Å². The van der Waals surface area contributed by atoms with Crippen molar-refractivity contribution in [2.45, 2.75) is 25.8 Å². The number of nitrogens with one attached hydrogen (secondary N) is 1. The molecule has 1 aromatic heterocycles. The zero-order valence-electron chi connectivity index (χ0n) is 18.5. The van der Waals surface area contributed by atoms with E-state index in [9.17, 15) is 4.79 Å². The maximum atomic E-state index is 13.3. The molecule has 0 atom stereocenters. The summed E-state index contributed by atoms with van der Waals surface area (Å²) in [4.78, 5) is 19.8. The van der Waals surface area contributed by atoms with E-state index in [1.165, 1.54) is 22.3 Å². The van der Waals surface area contributed by atoms with Gasteiger partial charge in [0.2, 0.25) is 5.91 Å². The first-order chi connectivity index (χ1) is 15.7. The summed E-state index contributed by atoms with van der Waals surface area (Å²) in [6.45, 7) is 6.98. The summed E-state index contributed by atoms with van der Waals surface area (Å²) in [5.41, 5.74) is 4.50. The van der Waals surface area contributed by atoms with Gasteiger partial charge in [0.15, 0.2) is 0 Å². The highest BCUT2D eigenvalue weighted by Crippen LogP contribution is 2.36. The Kier molecular flexibility index (Phi) is 7.13. The van der Waals surface area contributed by atoms with Crippen LogP contribution in [0.4, 0.5) is 0 Å². The van der Waals surface area contributed by atoms with Gasteiger partial charge >= 0.3 is 0 Å². The zero-order valence-corrected chi connectivity index (χ0v) is 18.5. The fraction of sp³-hybridized carbons (Fsp3) is 0.286. The van der Waals surface area contributed by atoms with Crippen LogP contribution in [0.1, 0.15) is 24.0 Å². The molecule has 1 N–H and O–H groups in total. The van der Waals surface area contributed by atoms with E-state index >= 15 is 0 Å². The van der Waals surface area contributed by atoms with E-state index in [1.807, 2.05) is 18.5 Å². The smallest absolute Gasteiger partial charge is 0.226 e. The Hall–Kier alpha value is -3.24. The normalized spacial score (nSPS) is 15.8. The fourth-order valence-corrected chi connectivity index (χ4v) is 4.56. The minimum Gasteiger partial charge on any atom is -0.352 e. The van der Waals surface area contributed by atoms with Crippen molar-refractivity contribution < 1.29 is 4.79 Å². The number of rotatable bonds is 8. The molecule has 164 valence electrons. The summed E-state index contributed by atoms with van der Waals surface area (Å²) in [6.07, 6.45) is 7.88. The maximum Gasteiger partial charge on any atom is 0.226 e. The lowest BCUT2D eigenvalue weighted by Crippen LogP contribution is -2.49. The third-order valence-electron chi connectivity index (χ3n) is 6.46. The average molecular weight is 426 g/mol. The number of aromatic nitrogens is 1. The second kappa shape index (κ2) is 10.4. The molecule has 2 heterocycles. The first-order valence-electron chi connectivity index (χ1n) is 11.3. The number of likely N-dealkylation sites (tertiary alicyclic amines) is 1. The molecule has 1 amide bonds. The van der Waals surface area contributed by atoms with Gasteiger partial charge in [-0.25, -0.2) is 0 Å². The summed E-state index contributed by atoms with van der Waals surface area (Å²) in [7, 11) is 0. The van der Waals surface area contributed by atoms with Crippen LogP contribution in [0.3, 0.4) is 0 Å². The quantitative estimate of drug-likeness (QED) is 0.524. The van der Waals surface area contributed by atoms with Gasteiger partial charge in [-0.2, -0.15) is 0 Å². The summed E-state index contributed by atoms with van der Waals surface area (Å²) in [5, 5.41) is 3.08. The number of carbonyl (C=O) groups excluding carboxylic acids is 1. The van der Waals surface area contributed by atoms with Gasteiger partial charge in [0.25, 0.3) is 0 Å². The molecule has 1 fully saturated rings. The van der Waals surface area contributed by atoms with Gasteiger partial charge in [-0.3, -0.25) is 14.7 Å². The molecule has 2 aromatic carbocycles. The molecule has 0 bridgehead atoms. The lowest BCUT2D eigenvalue weighted by atomic mass is 9.72. The molecular formula is C28H31N3O. The second-order valence-corrected chi connectivity index (χ2v) is 8.65. The van der Waals surface area contributed by atoms with Gasteiger partial charge in [-0.1, -0.05) is 60.7 Å². The van der Waals surface area contributed by atoms with Gasteiger partial charge < -0.3 is 5.32 Å². The molecule has 32 heavy (non-hydrogen) atoms. The molecule has 0 radical (unpaired) electrons. The van der Waals surface area contributed by atoms with Crippen LogP contribution in [0.15, 0.2) is 91.8 Å². The van der Waals surface area contributed by atoms with Crippen LogP contribution >= 0.6 is 0 Å². The summed E-state index contributed by atoms with van der Waals surface area (Å²) < 4.78 is 0. The number of nitrogens with zero attached hydrogens (tertiary/aromatic N) is 2. The fourth-order valence-electron chi connectivity index (χ4n) is 4.56. The standard InChI is InChI=1S/C28H31N3O/c1-2-16-30-27(32)28(14-19-31(20-15-28)22-24-12-17-29-18-13-24)21-23-8-10-26(11-9-23)25-6-4-3-5-7-25/h2-13,17-18H,1,14-16,19-22H2,(H,30,32). The van der Waals surface area contributed by atoms with Gasteiger partial charge in [-0.15, -0.1) is 6.58 Å². The summed E-state index contributed by atoms with van der Waals surface area (Å²) in [6, 6.07) is 23.2. The number of piperidine rings is 1. The minimum atomic E-state index is -0.383. The number of carbonyl (C=O) groups is 1. The third-order valence-corrected chi connectivity index (χ3v) is 6.46. The monoisotopic (exact) mass is 425 g/mol.